The molecule has 10 nitrogen and oxygen atoms in total. The molecule has 0 radical (unpaired) electrons. The fourth-order valence-corrected chi connectivity index (χ4v) is 4.85. The second-order valence-electron chi connectivity index (χ2n) is 7.04. The molecule has 1 aromatic heterocycles. The molecule has 0 aliphatic carbocycles. The highest BCUT2D eigenvalue weighted by molar-refractivity contribution is 7.92. The smallest absolute Gasteiger partial charge is 0.365 e. The number of nitro groups is 1. The number of alkyl halides is 3. The van der Waals surface area contributed by atoms with Crippen LogP contribution in [0.15, 0.2) is 23.1 Å². The maximum absolute atomic E-state index is 14.2. The zero-order valence-corrected chi connectivity index (χ0v) is 17.9. The van der Waals surface area contributed by atoms with Gasteiger partial charge in [0, 0.05) is 6.54 Å². The molecule has 0 saturated carbocycles. The van der Waals surface area contributed by atoms with Gasteiger partial charge in [-0.25, -0.2) is 27.2 Å². The summed E-state index contributed by atoms with van der Waals surface area (Å²) in [7, 11) is -5.25. The van der Waals surface area contributed by atoms with Gasteiger partial charge in [-0.3, -0.25) is 10.1 Å². The number of hydrogen-bond donors (Lipinski definition) is 0. The van der Waals surface area contributed by atoms with E-state index in [-0.39, 0.29) is 12.4 Å². The standard InChI is InChI=1S/C18H14F5N5O5S/c1-9-25-14(12(7-24)34(31,32)16-10(19)3-2-4-11(16)20)15(28(29)30)17(26-9)27-5-6-33-13(8-27)18(21,22)23/h2-4,12-13H,5-6,8H2,1H3/t12?,13-/m0/s1. The molecular weight excluding hydrogens is 493 g/mol. The number of aryl methyl sites for hydroxylation is 1. The van der Waals surface area contributed by atoms with Crippen LogP contribution in [0.3, 0.4) is 0 Å². The Morgan fingerprint density at radius 2 is 1.91 bits per heavy atom. The molecule has 182 valence electrons. The third kappa shape index (κ3) is 4.61. The maximum Gasteiger partial charge on any atom is 0.416 e. The van der Waals surface area contributed by atoms with Gasteiger partial charge in [-0.1, -0.05) is 6.07 Å². The van der Waals surface area contributed by atoms with E-state index in [2.05, 4.69) is 14.7 Å². The monoisotopic (exact) mass is 507 g/mol. The number of nitriles is 1. The third-order valence-corrected chi connectivity index (χ3v) is 6.71. The quantitative estimate of drug-likeness (QED) is 0.339. The first-order valence-electron chi connectivity index (χ1n) is 9.32. The van der Waals surface area contributed by atoms with Gasteiger partial charge in [0.05, 0.1) is 24.1 Å². The van der Waals surface area contributed by atoms with E-state index in [1.54, 1.807) is 0 Å². The molecule has 0 bridgehead atoms. The van der Waals surface area contributed by atoms with Gasteiger partial charge in [-0.2, -0.15) is 18.4 Å². The van der Waals surface area contributed by atoms with E-state index in [0.717, 1.165) is 17.9 Å². The molecule has 1 aromatic carbocycles. The molecule has 16 heteroatoms. The van der Waals surface area contributed by atoms with Crippen molar-refractivity contribution >= 4 is 21.3 Å². The molecule has 3 rings (SSSR count). The van der Waals surface area contributed by atoms with Crippen LogP contribution in [-0.2, 0) is 14.6 Å². The molecule has 2 atom stereocenters. The van der Waals surface area contributed by atoms with Crippen molar-refractivity contribution in [2.45, 2.75) is 29.3 Å². The summed E-state index contributed by atoms with van der Waals surface area (Å²) >= 11 is 0. The van der Waals surface area contributed by atoms with Crippen molar-refractivity contribution < 1.29 is 40.0 Å². The molecule has 0 N–H and O–H groups in total. The lowest BCUT2D eigenvalue weighted by Gasteiger charge is -2.34. The van der Waals surface area contributed by atoms with Gasteiger partial charge in [0.25, 0.3) is 0 Å². The van der Waals surface area contributed by atoms with Gasteiger partial charge in [0.1, 0.15) is 22.4 Å². The fraction of sp³-hybridized carbons (Fsp3) is 0.389. The van der Waals surface area contributed by atoms with E-state index in [1.165, 1.54) is 6.07 Å². The first kappa shape index (κ1) is 25.2. The number of benzene rings is 1. The van der Waals surface area contributed by atoms with E-state index in [9.17, 15) is 45.7 Å². The van der Waals surface area contributed by atoms with Gasteiger partial charge in [-0.05, 0) is 19.1 Å². The van der Waals surface area contributed by atoms with E-state index in [1.807, 2.05) is 0 Å². The van der Waals surface area contributed by atoms with Crippen molar-refractivity contribution in [2.24, 2.45) is 0 Å². The lowest BCUT2D eigenvalue weighted by atomic mass is 10.2. The number of anilines is 1. The zero-order chi connectivity index (χ0) is 25.4. The highest BCUT2D eigenvalue weighted by Gasteiger charge is 2.46. The lowest BCUT2D eigenvalue weighted by molar-refractivity contribution is -0.385. The molecule has 2 heterocycles. The van der Waals surface area contributed by atoms with E-state index < -0.39 is 79.2 Å². The summed E-state index contributed by atoms with van der Waals surface area (Å²) in [4.78, 5) is 17.5. The van der Waals surface area contributed by atoms with Crippen LogP contribution in [0.2, 0.25) is 0 Å². The molecule has 1 unspecified atom stereocenters. The van der Waals surface area contributed by atoms with Crippen molar-refractivity contribution in [2.75, 3.05) is 24.6 Å². The molecular formula is C18H14F5N5O5S. The van der Waals surface area contributed by atoms with Gasteiger partial charge in [-0.15, -0.1) is 0 Å². The molecule has 34 heavy (non-hydrogen) atoms. The largest absolute Gasteiger partial charge is 0.416 e. The molecule has 1 fully saturated rings. The Morgan fingerprint density at radius 3 is 2.44 bits per heavy atom. The van der Waals surface area contributed by atoms with Crippen molar-refractivity contribution in [3.05, 3.63) is 51.5 Å². The second-order valence-corrected chi connectivity index (χ2v) is 9.01. The minimum absolute atomic E-state index is 0.283. The van der Waals surface area contributed by atoms with Crippen LogP contribution in [0, 0.1) is 40.0 Å². The Bertz CT molecular complexity index is 1260. The first-order valence-corrected chi connectivity index (χ1v) is 10.9. The first-order chi connectivity index (χ1) is 15.8. The van der Waals surface area contributed by atoms with E-state index >= 15 is 0 Å². The fourth-order valence-electron chi connectivity index (χ4n) is 3.34. The zero-order valence-electron chi connectivity index (χ0n) is 17.1. The van der Waals surface area contributed by atoms with E-state index in [0.29, 0.717) is 12.1 Å². The topological polar surface area (TPSA) is 139 Å². The van der Waals surface area contributed by atoms with Crippen LogP contribution >= 0.6 is 0 Å². The summed E-state index contributed by atoms with van der Waals surface area (Å²) in [5.41, 5.74) is -2.21. The number of aromatic nitrogens is 2. The minimum Gasteiger partial charge on any atom is -0.365 e. The third-order valence-electron chi connectivity index (χ3n) is 4.80. The number of halogens is 5. The van der Waals surface area contributed by atoms with Crippen LogP contribution in [0.4, 0.5) is 33.5 Å². The normalized spacial score (nSPS) is 17.8. The van der Waals surface area contributed by atoms with Crippen molar-refractivity contribution in [3.63, 3.8) is 0 Å². The average molecular weight is 507 g/mol. The van der Waals surface area contributed by atoms with Gasteiger partial charge in [0.15, 0.2) is 11.8 Å². The highest BCUT2D eigenvalue weighted by Crippen LogP contribution is 2.40. The predicted molar refractivity (Wildman–Crippen MR) is 103 cm³/mol. The maximum atomic E-state index is 14.2. The van der Waals surface area contributed by atoms with Crippen LogP contribution in [-0.4, -0.2) is 55.3 Å². The molecule has 1 aliphatic rings. The summed E-state index contributed by atoms with van der Waals surface area (Å²) in [6.07, 6.45) is -7.12. The number of ether oxygens (including phenoxy) is 1. The summed E-state index contributed by atoms with van der Waals surface area (Å²) in [6.45, 7) is -0.523. The number of hydrogen-bond acceptors (Lipinski definition) is 9. The summed E-state index contributed by atoms with van der Waals surface area (Å²) < 4.78 is 98.5. The average Bonchev–Trinajstić information content (AvgIpc) is 2.72. The van der Waals surface area contributed by atoms with Gasteiger partial charge in [0.2, 0.25) is 20.9 Å². The van der Waals surface area contributed by atoms with Crippen molar-refractivity contribution in [3.8, 4) is 6.07 Å². The van der Waals surface area contributed by atoms with Crippen LogP contribution < -0.4 is 4.90 Å². The predicted octanol–water partition coefficient (Wildman–Crippen LogP) is 2.78. The minimum atomic E-state index is -5.25. The van der Waals surface area contributed by atoms with Crippen LogP contribution in [0.25, 0.3) is 0 Å². The molecule has 1 aliphatic heterocycles. The molecule has 2 aromatic rings. The van der Waals surface area contributed by atoms with E-state index in [4.69, 9.17) is 0 Å². The summed E-state index contributed by atoms with van der Waals surface area (Å²) in [5.74, 6) is -4.10. The Labute approximate surface area is 188 Å². The van der Waals surface area contributed by atoms with Gasteiger partial charge >= 0.3 is 11.9 Å². The Balaban J connectivity index is 2.22. The Kier molecular flexibility index (Phi) is 6.71. The van der Waals surface area contributed by atoms with Crippen molar-refractivity contribution in [1.82, 2.24) is 9.97 Å². The number of nitrogens with zero attached hydrogens (tertiary/aromatic N) is 5. The van der Waals surface area contributed by atoms with Crippen LogP contribution in [0.5, 0.6) is 0 Å². The van der Waals surface area contributed by atoms with Crippen molar-refractivity contribution in [1.29, 1.82) is 5.26 Å². The summed E-state index contributed by atoms with van der Waals surface area (Å²) in [5, 5.41) is 18.9. The number of sulfone groups is 1. The SMILES string of the molecule is Cc1nc(C(C#N)S(=O)(=O)c2c(F)cccc2F)c([N+](=O)[O-])c(N2CCO[C@H](C(F)(F)F)C2)n1. The number of morpholine rings is 1. The molecule has 0 amide bonds. The molecule has 0 spiro atoms. The number of rotatable bonds is 5. The lowest BCUT2D eigenvalue weighted by Crippen LogP contribution is -2.49. The summed E-state index contributed by atoms with van der Waals surface area (Å²) in [6, 6.07) is 3.35. The molecule has 1 saturated heterocycles. The second kappa shape index (κ2) is 9.06. The Morgan fingerprint density at radius 1 is 1.29 bits per heavy atom. The van der Waals surface area contributed by atoms with Crippen LogP contribution in [0.1, 0.15) is 16.8 Å². The Hall–Kier alpha value is -3.45. The highest BCUT2D eigenvalue weighted by atomic mass is 32.2. The van der Waals surface area contributed by atoms with Gasteiger partial charge < -0.3 is 9.64 Å².